The first-order valence-corrected chi connectivity index (χ1v) is 9.58. The van der Waals surface area contributed by atoms with E-state index in [1.54, 1.807) is 0 Å². The fourth-order valence-corrected chi connectivity index (χ4v) is 3.72. The molecule has 166 valence electrons. The molecule has 2 aliphatic heterocycles. The third kappa shape index (κ3) is 3.80. The molecule has 1 saturated heterocycles. The van der Waals surface area contributed by atoms with Gasteiger partial charge in [-0.05, 0) is 24.6 Å². The SMILES string of the molecule is C[C@@H]1O[C@H](O[C@@H]2C(=O)c3c(O)cc(O)cc3O[C@@H]2c2ccc(O)cc2)[C@H](O)[C@H](O)[C@@H]1O. The highest BCUT2D eigenvalue weighted by molar-refractivity contribution is 6.05. The highest BCUT2D eigenvalue weighted by Crippen LogP contribution is 2.43. The van der Waals surface area contributed by atoms with Crippen molar-refractivity contribution in [2.45, 2.75) is 49.8 Å². The Morgan fingerprint density at radius 2 is 1.58 bits per heavy atom. The summed E-state index contributed by atoms with van der Waals surface area (Å²) in [5.41, 5.74) is 0.195. The lowest BCUT2D eigenvalue weighted by molar-refractivity contribution is -0.304. The van der Waals surface area contributed by atoms with Gasteiger partial charge in [0.2, 0.25) is 5.78 Å². The van der Waals surface area contributed by atoms with Gasteiger partial charge in [-0.25, -0.2) is 0 Å². The van der Waals surface area contributed by atoms with E-state index in [9.17, 15) is 35.4 Å². The van der Waals surface area contributed by atoms with E-state index in [4.69, 9.17) is 14.2 Å². The highest BCUT2D eigenvalue weighted by Gasteiger charge is 2.48. The Morgan fingerprint density at radius 3 is 2.26 bits per heavy atom. The summed E-state index contributed by atoms with van der Waals surface area (Å²) in [4.78, 5) is 13.3. The first-order valence-electron chi connectivity index (χ1n) is 9.58. The molecular weight excluding hydrogens is 412 g/mol. The van der Waals surface area contributed by atoms with Crippen molar-refractivity contribution in [1.82, 2.24) is 0 Å². The summed E-state index contributed by atoms with van der Waals surface area (Å²) in [7, 11) is 0. The normalized spacial score (nSPS) is 32.9. The van der Waals surface area contributed by atoms with Crippen LogP contribution in [0.25, 0.3) is 0 Å². The number of phenolic OH excluding ortho intramolecular Hbond substituents is 3. The fourth-order valence-electron chi connectivity index (χ4n) is 3.72. The van der Waals surface area contributed by atoms with Crippen LogP contribution in [0.2, 0.25) is 0 Å². The second-order valence-electron chi connectivity index (χ2n) is 7.57. The minimum Gasteiger partial charge on any atom is -0.508 e. The molecule has 0 amide bonds. The van der Waals surface area contributed by atoms with Gasteiger partial charge in [0.1, 0.15) is 46.9 Å². The number of carbonyl (C=O) groups is 1. The van der Waals surface area contributed by atoms with Crippen LogP contribution in [0.1, 0.15) is 28.9 Å². The van der Waals surface area contributed by atoms with Gasteiger partial charge < -0.3 is 44.8 Å². The number of rotatable bonds is 3. The van der Waals surface area contributed by atoms with Crippen molar-refractivity contribution in [3.63, 3.8) is 0 Å². The van der Waals surface area contributed by atoms with E-state index < -0.39 is 54.4 Å². The van der Waals surface area contributed by atoms with Crippen molar-refractivity contribution in [2.24, 2.45) is 0 Å². The topological polar surface area (TPSA) is 166 Å². The average Bonchev–Trinajstić information content (AvgIpc) is 2.72. The smallest absolute Gasteiger partial charge is 0.203 e. The van der Waals surface area contributed by atoms with Crippen LogP contribution in [0.5, 0.6) is 23.0 Å². The predicted molar refractivity (Wildman–Crippen MR) is 103 cm³/mol. The van der Waals surface area contributed by atoms with E-state index in [0.717, 1.165) is 6.07 Å². The number of carbonyl (C=O) groups excluding carboxylic acids is 1. The summed E-state index contributed by atoms with van der Waals surface area (Å²) in [6.45, 7) is 1.47. The molecule has 2 aromatic carbocycles. The van der Waals surface area contributed by atoms with Crippen LogP contribution in [0, 0.1) is 0 Å². The molecule has 2 heterocycles. The van der Waals surface area contributed by atoms with Crippen LogP contribution >= 0.6 is 0 Å². The van der Waals surface area contributed by atoms with Crippen LogP contribution in [0.4, 0.5) is 0 Å². The molecule has 6 N–H and O–H groups in total. The summed E-state index contributed by atoms with van der Waals surface area (Å²) in [6.07, 6.45) is -9.49. The van der Waals surface area contributed by atoms with E-state index in [0.29, 0.717) is 5.56 Å². The van der Waals surface area contributed by atoms with Gasteiger partial charge in [0.15, 0.2) is 18.5 Å². The van der Waals surface area contributed by atoms with Crippen molar-refractivity contribution in [3.8, 4) is 23.0 Å². The van der Waals surface area contributed by atoms with Gasteiger partial charge in [-0.3, -0.25) is 4.79 Å². The number of aliphatic hydroxyl groups excluding tert-OH is 3. The zero-order chi connectivity index (χ0) is 22.4. The summed E-state index contributed by atoms with van der Waals surface area (Å²) in [5.74, 6) is -1.64. The van der Waals surface area contributed by atoms with Crippen LogP contribution in [0.3, 0.4) is 0 Å². The number of aliphatic hydroxyl groups is 3. The van der Waals surface area contributed by atoms with Crippen LogP contribution in [-0.4, -0.2) is 73.2 Å². The van der Waals surface area contributed by atoms with E-state index in [-0.39, 0.29) is 22.8 Å². The van der Waals surface area contributed by atoms with Crippen molar-refractivity contribution < 1.29 is 49.6 Å². The van der Waals surface area contributed by atoms with Crippen LogP contribution in [-0.2, 0) is 9.47 Å². The average molecular weight is 434 g/mol. The van der Waals surface area contributed by atoms with Gasteiger partial charge in [-0.1, -0.05) is 12.1 Å². The number of benzene rings is 2. The second kappa shape index (κ2) is 7.98. The third-order valence-electron chi connectivity index (χ3n) is 5.41. The lowest BCUT2D eigenvalue weighted by Crippen LogP contribution is -2.59. The molecule has 0 unspecified atom stereocenters. The summed E-state index contributed by atoms with van der Waals surface area (Å²) in [6, 6.07) is 7.90. The minimum atomic E-state index is -1.66. The molecule has 2 aromatic rings. The number of aromatic hydroxyl groups is 3. The first-order chi connectivity index (χ1) is 14.7. The maximum Gasteiger partial charge on any atom is 0.203 e. The fraction of sp³-hybridized carbons (Fsp3) is 0.381. The van der Waals surface area contributed by atoms with E-state index in [1.807, 2.05) is 0 Å². The molecule has 1 fully saturated rings. The number of hydrogen-bond acceptors (Lipinski definition) is 10. The van der Waals surface area contributed by atoms with Gasteiger partial charge in [0.05, 0.1) is 6.10 Å². The lowest BCUT2D eigenvalue weighted by atomic mass is 9.92. The second-order valence-corrected chi connectivity index (χ2v) is 7.57. The van der Waals surface area contributed by atoms with Crippen molar-refractivity contribution in [1.29, 1.82) is 0 Å². The summed E-state index contributed by atoms with van der Waals surface area (Å²) < 4.78 is 17.0. The summed E-state index contributed by atoms with van der Waals surface area (Å²) in [5, 5.41) is 59.8. The van der Waals surface area contributed by atoms with Crippen molar-refractivity contribution in [2.75, 3.05) is 0 Å². The van der Waals surface area contributed by atoms with E-state index in [1.165, 1.54) is 37.3 Å². The summed E-state index contributed by atoms with van der Waals surface area (Å²) >= 11 is 0. The molecule has 10 nitrogen and oxygen atoms in total. The van der Waals surface area contributed by atoms with E-state index >= 15 is 0 Å². The van der Waals surface area contributed by atoms with Crippen molar-refractivity contribution in [3.05, 3.63) is 47.5 Å². The van der Waals surface area contributed by atoms with Gasteiger partial charge in [-0.2, -0.15) is 0 Å². The Bertz CT molecular complexity index is 975. The molecule has 10 heteroatoms. The lowest BCUT2D eigenvalue weighted by Gasteiger charge is -2.42. The Labute approximate surface area is 176 Å². The van der Waals surface area contributed by atoms with Gasteiger partial charge in [-0.15, -0.1) is 0 Å². The molecule has 4 rings (SSSR count). The molecule has 0 spiro atoms. The molecule has 7 atom stereocenters. The molecule has 0 saturated carbocycles. The Hall–Kier alpha value is -2.89. The highest BCUT2D eigenvalue weighted by atomic mass is 16.7. The maximum atomic E-state index is 13.3. The molecule has 0 aliphatic carbocycles. The zero-order valence-electron chi connectivity index (χ0n) is 16.3. The quantitative estimate of drug-likeness (QED) is 0.396. The number of phenols is 3. The molecule has 0 aromatic heterocycles. The largest absolute Gasteiger partial charge is 0.508 e. The van der Waals surface area contributed by atoms with Gasteiger partial charge >= 0.3 is 0 Å². The Balaban J connectivity index is 1.73. The number of fused-ring (bicyclic) bond motifs is 1. The van der Waals surface area contributed by atoms with Gasteiger partial charge in [0.25, 0.3) is 0 Å². The number of ketones is 1. The number of hydrogen-bond donors (Lipinski definition) is 6. The monoisotopic (exact) mass is 434 g/mol. The maximum absolute atomic E-state index is 13.3. The van der Waals surface area contributed by atoms with Crippen LogP contribution in [0.15, 0.2) is 36.4 Å². The first kappa shape index (κ1) is 21.3. The zero-order valence-corrected chi connectivity index (χ0v) is 16.3. The van der Waals surface area contributed by atoms with E-state index in [2.05, 4.69) is 0 Å². The minimum absolute atomic E-state index is 0.0176. The van der Waals surface area contributed by atoms with Crippen molar-refractivity contribution >= 4 is 5.78 Å². The van der Waals surface area contributed by atoms with Crippen LogP contribution < -0.4 is 4.74 Å². The number of ether oxygens (including phenoxy) is 3. The van der Waals surface area contributed by atoms with Gasteiger partial charge in [0, 0.05) is 12.1 Å². The number of Topliss-reactive ketones (excluding diaryl/α,β-unsaturated/α-hetero) is 1. The Morgan fingerprint density at radius 1 is 0.903 bits per heavy atom. The third-order valence-corrected chi connectivity index (χ3v) is 5.41. The molecule has 0 bridgehead atoms. The predicted octanol–water partition coefficient (Wildman–Crippen LogP) is 0.332. The molecule has 31 heavy (non-hydrogen) atoms. The molecule has 0 radical (unpaired) electrons. The Kier molecular flexibility index (Phi) is 5.50. The molecular formula is C21H22O10. The molecule has 2 aliphatic rings. The standard InChI is InChI=1S/C21H22O10/c1-8-15(25)17(27)18(28)21(29-8)31-20-16(26)14-12(24)6-11(23)7-13(14)30-19(20)9-2-4-10(22)5-3-9/h2-8,15,17-25,27-28H,1H3/t8-,15+,17+,18+,19+,20+,21+/m0/s1.